The summed E-state index contributed by atoms with van der Waals surface area (Å²) in [6.45, 7) is 0.0172. The third kappa shape index (κ3) is 5.90. The van der Waals surface area contributed by atoms with Gasteiger partial charge in [0.25, 0.3) is 5.91 Å². The minimum Gasteiger partial charge on any atom is -0.493 e. The first kappa shape index (κ1) is 24.1. The molecule has 2 N–H and O–H groups in total. The number of carbonyl (C=O) groups excluding carboxylic acids is 1. The number of hydrogen-bond acceptors (Lipinski definition) is 5. The van der Waals surface area contributed by atoms with Crippen LogP contribution in [0.1, 0.15) is 15.9 Å². The molecule has 0 atom stereocenters. The third-order valence-corrected chi connectivity index (χ3v) is 5.53. The number of amides is 1. The topological polar surface area (TPSA) is 89.2 Å². The highest BCUT2D eigenvalue weighted by Gasteiger charge is 2.29. The van der Waals surface area contributed by atoms with Crippen LogP contribution in [0.2, 0.25) is 0 Å². The Balaban J connectivity index is 1.51. The predicted octanol–water partition coefficient (Wildman–Crippen LogP) is 4.79. The molecule has 0 radical (unpaired) electrons. The largest absolute Gasteiger partial charge is 0.493 e. The molecule has 2 heterocycles. The minimum absolute atomic E-state index is 0.0172. The average Bonchev–Trinajstić information content (AvgIpc) is 3.06. The molecule has 0 saturated carbocycles. The van der Waals surface area contributed by atoms with Gasteiger partial charge in [0, 0.05) is 16.7 Å². The number of thioether (sulfide) groups is 1. The van der Waals surface area contributed by atoms with Crippen LogP contribution in [-0.2, 0) is 6.54 Å². The number of imidazole rings is 1. The van der Waals surface area contributed by atoms with E-state index in [9.17, 15) is 32.3 Å². The standard InChI is InChI=1S/C23H16F4N4O3S/c24-16-3-1-15(2-4-16)21(33)29-19-11-14(9-10-28-19)12-30-13-20(32)31(22(30)34)17-5-7-18(8-6-17)35-23(25,26)27/h1-11,13,32H,12H2,(H,28,29,33). The fraction of sp³-hybridized carbons (Fsp3) is 0.0870. The Kier molecular flexibility index (Phi) is 6.65. The van der Waals surface area contributed by atoms with E-state index in [1.807, 2.05) is 0 Å². The van der Waals surface area contributed by atoms with Crippen molar-refractivity contribution >= 4 is 23.5 Å². The summed E-state index contributed by atoms with van der Waals surface area (Å²) < 4.78 is 52.8. The first-order valence-electron chi connectivity index (χ1n) is 9.98. The fourth-order valence-electron chi connectivity index (χ4n) is 3.26. The van der Waals surface area contributed by atoms with Gasteiger partial charge in [-0.3, -0.25) is 9.36 Å². The number of anilines is 1. The molecule has 1 amide bonds. The van der Waals surface area contributed by atoms with E-state index in [1.54, 1.807) is 6.07 Å². The smallest absolute Gasteiger partial charge is 0.446 e. The van der Waals surface area contributed by atoms with E-state index >= 15 is 0 Å². The summed E-state index contributed by atoms with van der Waals surface area (Å²) in [6, 6.07) is 13.1. The van der Waals surface area contributed by atoms with Gasteiger partial charge >= 0.3 is 11.2 Å². The number of benzene rings is 2. The Morgan fingerprint density at radius 1 is 1.06 bits per heavy atom. The van der Waals surface area contributed by atoms with Crippen molar-refractivity contribution < 1.29 is 27.5 Å². The second-order valence-electron chi connectivity index (χ2n) is 7.29. The number of pyridine rings is 1. The Hall–Kier alpha value is -4.06. The molecule has 7 nitrogen and oxygen atoms in total. The lowest BCUT2D eigenvalue weighted by Crippen LogP contribution is -2.23. The number of aromatic nitrogens is 3. The Labute approximate surface area is 199 Å². The summed E-state index contributed by atoms with van der Waals surface area (Å²) in [5.41, 5.74) is -4.06. The van der Waals surface area contributed by atoms with Gasteiger partial charge in [-0.05, 0) is 78.0 Å². The van der Waals surface area contributed by atoms with Gasteiger partial charge in [0.15, 0.2) is 0 Å². The van der Waals surface area contributed by atoms with E-state index < -0.39 is 28.8 Å². The lowest BCUT2D eigenvalue weighted by Gasteiger charge is -2.08. The highest BCUT2D eigenvalue weighted by molar-refractivity contribution is 8.00. The van der Waals surface area contributed by atoms with Crippen LogP contribution < -0.4 is 11.0 Å². The zero-order chi connectivity index (χ0) is 25.2. The van der Waals surface area contributed by atoms with Crippen molar-refractivity contribution in [3.63, 3.8) is 0 Å². The molecule has 180 valence electrons. The van der Waals surface area contributed by atoms with Crippen LogP contribution >= 0.6 is 11.8 Å². The zero-order valence-corrected chi connectivity index (χ0v) is 18.5. The van der Waals surface area contributed by atoms with Crippen LogP contribution in [0.5, 0.6) is 5.88 Å². The van der Waals surface area contributed by atoms with E-state index in [2.05, 4.69) is 10.3 Å². The van der Waals surface area contributed by atoms with Gasteiger partial charge < -0.3 is 10.4 Å². The molecule has 0 bridgehead atoms. The number of hydrogen-bond donors (Lipinski definition) is 2. The molecule has 0 aliphatic carbocycles. The summed E-state index contributed by atoms with van der Waals surface area (Å²) in [5.74, 6) is -1.17. The second-order valence-corrected chi connectivity index (χ2v) is 8.42. The first-order valence-corrected chi connectivity index (χ1v) is 10.8. The highest BCUT2D eigenvalue weighted by atomic mass is 32.2. The molecule has 0 spiro atoms. The van der Waals surface area contributed by atoms with E-state index in [4.69, 9.17) is 0 Å². The minimum atomic E-state index is -4.44. The van der Waals surface area contributed by atoms with Gasteiger partial charge in [0.2, 0.25) is 5.88 Å². The molecule has 12 heteroatoms. The number of alkyl halides is 3. The predicted molar refractivity (Wildman–Crippen MR) is 121 cm³/mol. The maximum Gasteiger partial charge on any atom is 0.446 e. The Bertz CT molecular complexity index is 1410. The van der Waals surface area contributed by atoms with E-state index in [-0.39, 0.29) is 40.3 Å². The van der Waals surface area contributed by atoms with Crippen LogP contribution in [0, 0.1) is 5.82 Å². The molecular weight excluding hydrogens is 488 g/mol. The van der Waals surface area contributed by atoms with Crippen molar-refractivity contribution in [2.45, 2.75) is 16.9 Å². The molecule has 4 aromatic rings. The summed E-state index contributed by atoms with van der Waals surface area (Å²) in [6.07, 6.45) is 2.62. The molecule has 0 aliphatic rings. The first-order chi connectivity index (χ1) is 16.6. The molecule has 2 aromatic heterocycles. The van der Waals surface area contributed by atoms with Crippen molar-refractivity contribution in [2.75, 3.05) is 5.32 Å². The summed E-state index contributed by atoms with van der Waals surface area (Å²) in [4.78, 5) is 29.2. The zero-order valence-electron chi connectivity index (χ0n) is 17.7. The van der Waals surface area contributed by atoms with Crippen molar-refractivity contribution in [3.05, 3.63) is 100 Å². The van der Waals surface area contributed by atoms with Crippen molar-refractivity contribution in [2.24, 2.45) is 0 Å². The number of nitrogens with zero attached hydrogens (tertiary/aromatic N) is 3. The normalized spacial score (nSPS) is 11.4. The molecule has 0 saturated heterocycles. The average molecular weight is 504 g/mol. The highest BCUT2D eigenvalue weighted by Crippen LogP contribution is 2.37. The molecule has 0 aliphatic heterocycles. The molecule has 0 fully saturated rings. The molecular formula is C23H16F4N4O3S. The van der Waals surface area contributed by atoms with E-state index in [0.29, 0.717) is 5.56 Å². The monoisotopic (exact) mass is 504 g/mol. The maximum atomic E-state index is 13.1. The summed E-state index contributed by atoms with van der Waals surface area (Å²) >= 11 is -0.283. The number of halogens is 4. The Morgan fingerprint density at radius 2 is 1.74 bits per heavy atom. The van der Waals surface area contributed by atoms with Gasteiger partial charge in [0.1, 0.15) is 11.6 Å². The van der Waals surface area contributed by atoms with Crippen LogP contribution in [0.4, 0.5) is 23.4 Å². The SMILES string of the molecule is O=C(Nc1cc(Cn2cc(O)n(-c3ccc(SC(F)(F)F)cc3)c2=O)ccn1)c1ccc(F)cc1. The van der Waals surface area contributed by atoms with Crippen molar-refractivity contribution in [1.82, 2.24) is 14.1 Å². The van der Waals surface area contributed by atoms with Gasteiger partial charge in [-0.2, -0.15) is 13.2 Å². The van der Waals surface area contributed by atoms with E-state index in [1.165, 1.54) is 59.4 Å². The fourth-order valence-corrected chi connectivity index (χ4v) is 3.80. The van der Waals surface area contributed by atoms with Gasteiger partial charge in [-0.15, -0.1) is 0 Å². The lowest BCUT2D eigenvalue weighted by molar-refractivity contribution is -0.0328. The molecule has 4 rings (SSSR count). The number of rotatable bonds is 6. The van der Waals surface area contributed by atoms with Gasteiger partial charge in [-0.25, -0.2) is 18.7 Å². The Morgan fingerprint density at radius 3 is 2.40 bits per heavy atom. The van der Waals surface area contributed by atoms with Crippen LogP contribution in [0.3, 0.4) is 0 Å². The summed E-state index contributed by atoms with van der Waals surface area (Å²) in [7, 11) is 0. The lowest BCUT2D eigenvalue weighted by atomic mass is 10.2. The van der Waals surface area contributed by atoms with Crippen molar-refractivity contribution in [3.8, 4) is 11.6 Å². The molecule has 0 unspecified atom stereocenters. The second kappa shape index (κ2) is 9.66. The number of aromatic hydroxyl groups is 1. The van der Waals surface area contributed by atoms with Crippen molar-refractivity contribution in [1.29, 1.82) is 0 Å². The van der Waals surface area contributed by atoms with E-state index in [0.717, 1.165) is 16.7 Å². The number of nitrogens with one attached hydrogen (secondary N) is 1. The maximum absolute atomic E-state index is 13.1. The van der Waals surface area contributed by atoms with Crippen LogP contribution in [0.25, 0.3) is 5.69 Å². The summed E-state index contributed by atoms with van der Waals surface area (Å²) in [5, 5.41) is 12.9. The molecule has 35 heavy (non-hydrogen) atoms. The number of carbonyl (C=O) groups is 1. The molecule has 2 aromatic carbocycles. The van der Waals surface area contributed by atoms with Gasteiger partial charge in [-0.1, -0.05) is 0 Å². The quantitative estimate of drug-likeness (QED) is 0.291. The van der Waals surface area contributed by atoms with Crippen LogP contribution in [-0.4, -0.2) is 30.6 Å². The van der Waals surface area contributed by atoms with Crippen LogP contribution in [0.15, 0.2) is 82.7 Å². The van der Waals surface area contributed by atoms with Gasteiger partial charge in [0.05, 0.1) is 18.4 Å². The third-order valence-electron chi connectivity index (χ3n) is 4.79.